The van der Waals surface area contributed by atoms with Crippen molar-refractivity contribution in [2.24, 2.45) is 5.41 Å². The number of ether oxygens (including phenoxy) is 2. The van der Waals surface area contributed by atoms with Crippen molar-refractivity contribution in [2.75, 3.05) is 59.7 Å². The van der Waals surface area contributed by atoms with Gasteiger partial charge < -0.3 is 14.4 Å². The average molecular weight is 334 g/mol. The number of methoxy groups -OCH3 is 1. The van der Waals surface area contributed by atoms with Gasteiger partial charge in [-0.15, -0.1) is 0 Å². The highest BCUT2D eigenvalue weighted by molar-refractivity contribution is 5.92. The summed E-state index contributed by atoms with van der Waals surface area (Å²) in [4.78, 5) is 25.2. The van der Waals surface area contributed by atoms with Crippen LogP contribution in [0.5, 0.6) is 0 Å². The van der Waals surface area contributed by atoms with Crippen molar-refractivity contribution < 1.29 is 14.3 Å². The number of piperidine rings is 1. The zero-order valence-electron chi connectivity index (χ0n) is 14.3. The first kappa shape index (κ1) is 17.3. The van der Waals surface area contributed by atoms with Gasteiger partial charge in [-0.05, 0) is 12.8 Å². The van der Waals surface area contributed by atoms with Crippen molar-refractivity contribution in [1.29, 1.82) is 0 Å². The van der Waals surface area contributed by atoms with Crippen LogP contribution in [0.15, 0.2) is 18.6 Å². The third-order valence-electron chi connectivity index (χ3n) is 4.86. The van der Waals surface area contributed by atoms with Gasteiger partial charge in [0, 0.05) is 57.6 Å². The molecule has 1 spiro atoms. The van der Waals surface area contributed by atoms with Crippen LogP contribution in [0.25, 0.3) is 0 Å². The topological polar surface area (TPSA) is 67.8 Å². The van der Waals surface area contributed by atoms with Gasteiger partial charge in [0.05, 0.1) is 26.0 Å². The van der Waals surface area contributed by atoms with Crippen molar-refractivity contribution in [3.8, 4) is 0 Å². The zero-order chi connectivity index (χ0) is 16.8. The van der Waals surface area contributed by atoms with Crippen LogP contribution in [0.3, 0.4) is 0 Å². The van der Waals surface area contributed by atoms with Crippen LogP contribution in [0.2, 0.25) is 0 Å². The van der Waals surface area contributed by atoms with Gasteiger partial charge in [0.1, 0.15) is 5.69 Å². The molecule has 24 heavy (non-hydrogen) atoms. The Bertz CT molecular complexity index is 542. The number of amides is 1. The van der Waals surface area contributed by atoms with E-state index in [9.17, 15) is 4.79 Å². The van der Waals surface area contributed by atoms with E-state index in [1.54, 1.807) is 19.5 Å². The second-order valence-electron chi connectivity index (χ2n) is 6.74. The lowest BCUT2D eigenvalue weighted by Gasteiger charge is -2.43. The van der Waals surface area contributed by atoms with E-state index in [4.69, 9.17) is 9.47 Å². The third-order valence-corrected chi connectivity index (χ3v) is 4.86. The van der Waals surface area contributed by atoms with Crippen LogP contribution >= 0.6 is 0 Å². The van der Waals surface area contributed by atoms with Gasteiger partial charge in [-0.1, -0.05) is 0 Å². The molecule has 2 aliphatic heterocycles. The number of hydrogen-bond acceptors (Lipinski definition) is 6. The Hall–Kier alpha value is -1.57. The molecule has 1 unspecified atom stereocenters. The molecular weight excluding hydrogens is 308 g/mol. The molecule has 0 N–H and O–H groups in total. The molecule has 2 aliphatic rings. The van der Waals surface area contributed by atoms with Gasteiger partial charge in [0.15, 0.2) is 0 Å². The van der Waals surface area contributed by atoms with E-state index >= 15 is 0 Å². The van der Waals surface area contributed by atoms with Gasteiger partial charge in [-0.2, -0.15) is 0 Å². The molecule has 7 heteroatoms. The second-order valence-corrected chi connectivity index (χ2v) is 6.74. The van der Waals surface area contributed by atoms with Crippen molar-refractivity contribution in [3.63, 3.8) is 0 Å². The summed E-state index contributed by atoms with van der Waals surface area (Å²) in [6.07, 6.45) is 6.77. The fourth-order valence-electron chi connectivity index (χ4n) is 3.69. The first-order chi connectivity index (χ1) is 11.7. The van der Waals surface area contributed by atoms with E-state index in [1.807, 2.05) is 4.90 Å². The molecule has 1 aromatic rings. The predicted molar refractivity (Wildman–Crippen MR) is 88.7 cm³/mol. The third kappa shape index (κ3) is 4.09. The maximum atomic E-state index is 12.7. The van der Waals surface area contributed by atoms with Gasteiger partial charge in [-0.3, -0.25) is 14.7 Å². The smallest absolute Gasteiger partial charge is 0.274 e. The molecule has 0 radical (unpaired) electrons. The number of hydrogen-bond donors (Lipinski definition) is 0. The summed E-state index contributed by atoms with van der Waals surface area (Å²) in [6, 6.07) is 0. The van der Waals surface area contributed by atoms with Crippen molar-refractivity contribution in [2.45, 2.75) is 12.8 Å². The fraction of sp³-hybridized carbons (Fsp3) is 0.706. The Morgan fingerprint density at radius 1 is 1.38 bits per heavy atom. The number of rotatable bonds is 4. The largest absolute Gasteiger partial charge is 0.383 e. The van der Waals surface area contributed by atoms with E-state index < -0.39 is 0 Å². The van der Waals surface area contributed by atoms with E-state index in [-0.39, 0.29) is 11.3 Å². The minimum Gasteiger partial charge on any atom is -0.383 e. The number of likely N-dealkylation sites (tertiary alicyclic amines) is 1. The van der Waals surface area contributed by atoms with Gasteiger partial charge in [0.25, 0.3) is 5.91 Å². The molecule has 1 atom stereocenters. The Morgan fingerprint density at radius 2 is 2.29 bits per heavy atom. The first-order valence-electron chi connectivity index (χ1n) is 8.57. The molecule has 0 saturated carbocycles. The van der Waals surface area contributed by atoms with Crippen molar-refractivity contribution in [3.05, 3.63) is 24.3 Å². The molecule has 1 aromatic heterocycles. The molecule has 3 heterocycles. The van der Waals surface area contributed by atoms with Crippen LogP contribution in [0.1, 0.15) is 23.3 Å². The molecule has 2 fully saturated rings. The lowest BCUT2D eigenvalue weighted by atomic mass is 9.80. The maximum absolute atomic E-state index is 12.7. The maximum Gasteiger partial charge on any atom is 0.274 e. The summed E-state index contributed by atoms with van der Waals surface area (Å²) in [7, 11) is 1.73. The SMILES string of the molecule is COCCN1CCOCC2(CCCN(C(=O)c3cnccn3)C2)C1. The van der Waals surface area contributed by atoms with E-state index in [2.05, 4.69) is 14.9 Å². The molecule has 1 amide bonds. The van der Waals surface area contributed by atoms with Gasteiger partial charge in [-0.25, -0.2) is 4.98 Å². The zero-order valence-corrected chi connectivity index (χ0v) is 14.3. The van der Waals surface area contributed by atoms with Crippen LogP contribution in [-0.4, -0.2) is 85.3 Å². The minimum atomic E-state index is -0.0325. The average Bonchev–Trinajstić information content (AvgIpc) is 2.82. The molecule has 132 valence electrons. The highest BCUT2D eigenvalue weighted by Gasteiger charge is 2.40. The molecule has 7 nitrogen and oxygen atoms in total. The highest BCUT2D eigenvalue weighted by atomic mass is 16.5. The monoisotopic (exact) mass is 334 g/mol. The number of aromatic nitrogens is 2. The van der Waals surface area contributed by atoms with E-state index in [0.29, 0.717) is 18.8 Å². The summed E-state index contributed by atoms with van der Waals surface area (Å²) >= 11 is 0. The highest BCUT2D eigenvalue weighted by Crippen LogP contribution is 2.33. The molecule has 0 aliphatic carbocycles. The normalized spacial score (nSPS) is 25.6. The molecular formula is C17H26N4O3. The lowest BCUT2D eigenvalue weighted by Crippen LogP contribution is -2.52. The quantitative estimate of drug-likeness (QED) is 0.806. The Balaban J connectivity index is 1.69. The molecule has 3 rings (SSSR count). The van der Waals surface area contributed by atoms with Gasteiger partial charge in [0.2, 0.25) is 0 Å². The predicted octanol–water partition coefficient (Wildman–Crippen LogP) is 0.678. The van der Waals surface area contributed by atoms with Crippen molar-refractivity contribution >= 4 is 5.91 Å². The summed E-state index contributed by atoms with van der Waals surface area (Å²) in [5, 5.41) is 0. The summed E-state index contributed by atoms with van der Waals surface area (Å²) in [5.74, 6) is -0.0325. The second kappa shape index (κ2) is 8.00. The summed E-state index contributed by atoms with van der Waals surface area (Å²) < 4.78 is 11.1. The molecule has 0 aromatic carbocycles. The number of carbonyl (C=O) groups excluding carboxylic acids is 1. The van der Waals surface area contributed by atoms with Crippen LogP contribution in [0.4, 0.5) is 0 Å². The van der Waals surface area contributed by atoms with Crippen LogP contribution < -0.4 is 0 Å². The van der Waals surface area contributed by atoms with Crippen molar-refractivity contribution in [1.82, 2.24) is 19.8 Å². The Morgan fingerprint density at radius 3 is 3.08 bits per heavy atom. The van der Waals surface area contributed by atoms with E-state index in [1.165, 1.54) is 6.20 Å². The fourth-order valence-corrected chi connectivity index (χ4v) is 3.69. The standard InChI is InChI=1S/C17H26N4O3/c1-23-9-7-20-8-10-24-14-17(12-20)3-2-6-21(13-17)16(22)15-11-18-4-5-19-15/h4-5,11H,2-3,6-10,12-14H2,1H3. The minimum absolute atomic E-state index is 0.000357. The summed E-state index contributed by atoms with van der Waals surface area (Å²) in [5.41, 5.74) is 0.417. The lowest BCUT2D eigenvalue weighted by molar-refractivity contribution is 0.00595. The first-order valence-corrected chi connectivity index (χ1v) is 8.57. The Kier molecular flexibility index (Phi) is 5.76. The van der Waals surface area contributed by atoms with Gasteiger partial charge >= 0.3 is 0 Å². The number of carbonyl (C=O) groups is 1. The van der Waals surface area contributed by atoms with Crippen LogP contribution in [-0.2, 0) is 9.47 Å². The summed E-state index contributed by atoms with van der Waals surface area (Å²) in [6.45, 7) is 6.42. The van der Waals surface area contributed by atoms with E-state index in [0.717, 1.165) is 52.2 Å². The molecule has 2 saturated heterocycles. The number of nitrogens with zero attached hydrogens (tertiary/aromatic N) is 4. The Labute approximate surface area is 143 Å². The molecule has 0 bridgehead atoms. The van der Waals surface area contributed by atoms with Crippen LogP contribution in [0, 0.1) is 5.41 Å².